The van der Waals surface area contributed by atoms with E-state index < -0.39 is 0 Å². The van der Waals surface area contributed by atoms with Crippen LogP contribution in [0.3, 0.4) is 0 Å². The van der Waals surface area contributed by atoms with Gasteiger partial charge in [0, 0.05) is 5.38 Å². The van der Waals surface area contributed by atoms with Gasteiger partial charge in [-0.25, -0.2) is 9.97 Å². The number of aryl methyl sites for hydroxylation is 2. The summed E-state index contributed by atoms with van der Waals surface area (Å²) in [7, 11) is 0. The van der Waals surface area contributed by atoms with Crippen LogP contribution in [-0.4, -0.2) is 9.97 Å². The molecule has 0 fully saturated rings. The first-order valence-electron chi connectivity index (χ1n) is 6.73. The lowest BCUT2D eigenvalue weighted by atomic mass is 10.2. The molecule has 0 saturated carbocycles. The Hall–Kier alpha value is -1.46. The average Bonchev–Trinajstić information content (AvgIpc) is 3.03. The third-order valence-corrected chi connectivity index (χ3v) is 5.02. The summed E-state index contributed by atoms with van der Waals surface area (Å²) in [6.07, 6.45) is 1.06. The van der Waals surface area contributed by atoms with Crippen LogP contribution in [0.1, 0.15) is 36.2 Å². The Labute approximate surface area is 126 Å². The van der Waals surface area contributed by atoms with Crippen molar-refractivity contribution in [3.05, 3.63) is 39.8 Å². The number of aromatic nitrogens is 2. The molecule has 0 amide bonds. The molecule has 0 aliphatic heterocycles. The van der Waals surface area contributed by atoms with Crippen molar-refractivity contribution in [2.24, 2.45) is 0 Å². The minimum Gasteiger partial charge on any atom is -0.353 e. The summed E-state index contributed by atoms with van der Waals surface area (Å²) in [5, 5.41) is 7.62. The fourth-order valence-electron chi connectivity index (χ4n) is 2.09. The van der Waals surface area contributed by atoms with E-state index in [0.717, 1.165) is 27.8 Å². The number of thiazole rings is 2. The van der Waals surface area contributed by atoms with Gasteiger partial charge in [0.25, 0.3) is 0 Å². The van der Waals surface area contributed by atoms with Gasteiger partial charge in [0.2, 0.25) is 0 Å². The molecule has 0 spiro atoms. The molecule has 3 rings (SSSR count). The second-order valence-corrected chi connectivity index (χ2v) is 6.92. The third kappa shape index (κ3) is 2.69. The maximum atomic E-state index is 4.64. The molecule has 0 aliphatic carbocycles. The minimum atomic E-state index is 0.186. The fraction of sp³-hybridized carbons (Fsp3) is 0.333. The van der Waals surface area contributed by atoms with E-state index in [9.17, 15) is 0 Å². The Kier molecular flexibility index (Phi) is 3.72. The molecular weight excluding hydrogens is 286 g/mol. The zero-order chi connectivity index (χ0) is 14.1. The van der Waals surface area contributed by atoms with E-state index >= 15 is 0 Å². The molecule has 1 atom stereocenters. The van der Waals surface area contributed by atoms with E-state index in [-0.39, 0.29) is 6.04 Å². The highest BCUT2D eigenvalue weighted by Crippen LogP contribution is 2.29. The molecule has 5 heteroatoms. The number of hydrogen-bond acceptors (Lipinski definition) is 5. The first kappa shape index (κ1) is 13.5. The molecule has 0 radical (unpaired) electrons. The zero-order valence-corrected chi connectivity index (χ0v) is 13.4. The van der Waals surface area contributed by atoms with Gasteiger partial charge in [-0.05, 0) is 38.0 Å². The second kappa shape index (κ2) is 5.50. The average molecular weight is 303 g/mol. The van der Waals surface area contributed by atoms with Gasteiger partial charge in [0.15, 0.2) is 5.13 Å². The van der Waals surface area contributed by atoms with Crippen LogP contribution in [0, 0.1) is 6.92 Å². The lowest BCUT2D eigenvalue weighted by molar-refractivity contribution is 0.844. The lowest BCUT2D eigenvalue weighted by Gasteiger charge is -2.09. The molecule has 20 heavy (non-hydrogen) atoms. The molecule has 2 aromatic heterocycles. The maximum absolute atomic E-state index is 4.64. The van der Waals surface area contributed by atoms with Crippen LogP contribution in [0.25, 0.3) is 10.2 Å². The molecule has 1 aromatic carbocycles. The number of rotatable bonds is 4. The Bertz CT molecular complexity index is 730. The van der Waals surface area contributed by atoms with Gasteiger partial charge < -0.3 is 5.32 Å². The van der Waals surface area contributed by atoms with Gasteiger partial charge in [-0.15, -0.1) is 11.3 Å². The molecule has 1 unspecified atom stereocenters. The van der Waals surface area contributed by atoms with E-state index in [1.54, 1.807) is 22.7 Å². The molecule has 104 valence electrons. The first-order valence-corrected chi connectivity index (χ1v) is 8.43. The van der Waals surface area contributed by atoms with E-state index in [0.29, 0.717) is 0 Å². The quantitative estimate of drug-likeness (QED) is 0.752. The van der Waals surface area contributed by atoms with E-state index in [2.05, 4.69) is 52.7 Å². The van der Waals surface area contributed by atoms with Crippen LogP contribution in [0.4, 0.5) is 5.13 Å². The lowest BCUT2D eigenvalue weighted by Crippen LogP contribution is -2.06. The van der Waals surface area contributed by atoms with Crippen molar-refractivity contribution in [2.75, 3.05) is 5.32 Å². The summed E-state index contributed by atoms with van der Waals surface area (Å²) in [6.45, 7) is 6.33. The van der Waals surface area contributed by atoms with E-state index in [1.165, 1.54) is 10.3 Å². The number of anilines is 1. The summed E-state index contributed by atoms with van der Waals surface area (Å²) in [4.78, 5) is 9.16. The number of benzene rings is 1. The van der Waals surface area contributed by atoms with Crippen LogP contribution in [0.5, 0.6) is 0 Å². The summed E-state index contributed by atoms with van der Waals surface area (Å²) in [5.41, 5.74) is 3.51. The van der Waals surface area contributed by atoms with Crippen LogP contribution < -0.4 is 5.32 Å². The third-order valence-electron chi connectivity index (χ3n) is 3.28. The Balaban J connectivity index is 1.83. The van der Waals surface area contributed by atoms with Gasteiger partial charge in [-0.2, -0.15) is 0 Å². The largest absolute Gasteiger partial charge is 0.353 e. The molecule has 0 saturated heterocycles. The molecule has 2 heterocycles. The fourth-order valence-corrected chi connectivity index (χ4v) is 3.81. The number of fused-ring (bicyclic) bond motifs is 1. The molecule has 0 bridgehead atoms. The van der Waals surface area contributed by atoms with Crippen molar-refractivity contribution in [2.45, 2.75) is 33.2 Å². The van der Waals surface area contributed by atoms with Crippen molar-refractivity contribution in [3.8, 4) is 0 Å². The van der Waals surface area contributed by atoms with Crippen molar-refractivity contribution in [3.63, 3.8) is 0 Å². The Morgan fingerprint density at radius 3 is 2.85 bits per heavy atom. The van der Waals surface area contributed by atoms with Crippen LogP contribution >= 0.6 is 22.7 Å². The summed E-state index contributed by atoms with van der Waals surface area (Å²) < 4.78 is 1.24. The topological polar surface area (TPSA) is 37.8 Å². The predicted molar refractivity (Wildman–Crippen MR) is 87.9 cm³/mol. The molecular formula is C15H17N3S2. The van der Waals surface area contributed by atoms with Gasteiger partial charge in [0.1, 0.15) is 0 Å². The normalized spacial score (nSPS) is 12.8. The minimum absolute atomic E-state index is 0.186. The zero-order valence-electron chi connectivity index (χ0n) is 11.8. The van der Waals surface area contributed by atoms with Crippen LogP contribution in [-0.2, 0) is 6.42 Å². The standard InChI is InChI=1S/C15H17N3S2/c1-4-11-5-6-12-14(7-11)20-15(18-12)16-9(2)13-8-19-10(3)17-13/h5-9H,4H2,1-3H3,(H,16,18). The Morgan fingerprint density at radius 2 is 2.15 bits per heavy atom. The molecule has 0 aliphatic rings. The number of hydrogen-bond donors (Lipinski definition) is 1. The van der Waals surface area contributed by atoms with Gasteiger partial charge in [0.05, 0.1) is 27.0 Å². The summed E-state index contributed by atoms with van der Waals surface area (Å²) in [6, 6.07) is 6.67. The smallest absolute Gasteiger partial charge is 0.184 e. The summed E-state index contributed by atoms with van der Waals surface area (Å²) in [5.74, 6) is 0. The van der Waals surface area contributed by atoms with Crippen molar-refractivity contribution >= 4 is 38.0 Å². The van der Waals surface area contributed by atoms with Crippen molar-refractivity contribution in [1.82, 2.24) is 9.97 Å². The van der Waals surface area contributed by atoms with Crippen molar-refractivity contribution < 1.29 is 0 Å². The van der Waals surface area contributed by atoms with E-state index in [4.69, 9.17) is 0 Å². The second-order valence-electron chi connectivity index (χ2n) is 4.83. The number of nitrogens with one attached hydrogen (secondary N) is 1. The summed E-state index contributed by atoms with van der Waals surface area (Å²) >= 11 is 3.40. The molecule has 1 N–H and O–H groups in total. The highest BCUT2D eigenvalue weighted by molar-refractivity contribution is 7.22. The maximum Gasteiger partial charge on any atom is 0.184 e. The van der Waals surface area contributed by atoms with Crippen molar-refractivity contribution in [1.29, 1.82) is 0 Å². The van der Waals surface area contributed by atoms with Crippen LogP contribution in [0.15, 0.2) is 23.6 Å². The van der Waals surface area contributed by atoms with Gasteiger partial charge in [-0.3, -0.25) is 0 Å². The highest BCUT2D eigenvalue weighted by Gasteiger charge is 2.11. The first-order chi connectivity index (χ1) is 9.65. The van der Waals surface area contributed by atoms with Gasteiger partial charge in [-0.1, -0.05) is 24.3 Å². The molecule has 3 aromatic rings. The monoisotopic (exact) mass is 303 g/mol. The van der Waals surface area contributed by atoms with Crippen LogP contribution in [0.2, 0.25) is 0 Å². The predicted octanol–water partition coefficient (Wildman–Crippen LogP) is 4.80. The highest BCUT2D eigenvalue weighted by atomic mass is 32.1. The Morgan fingerprint density at radius 1 is 1.30 bits per heavy atom. The van der Waals surface area contributed by atoms with E-state index in [1.807, 2.05) is 6.92 Å². The SMILES string of the molecule is CCc1ccc2nc(NC(C)c3csc(C)n3)sc2c1. The van der Waals surface area contributed by atoms with Gasteiger partial charge >= 0.3 is 0 Å². The number of nitrogens with zero attached hydrogens (tertiary/aromatic N) is 2. The molecule has 3 nitrogen and oxygen atoms in total.